The third kappa shape index (κ3) is 10.00. The van der Waals surface area contributed by atoms with E-state index in [0.29, 0.717) is 5.41 Å². The standard InChI is InChI=1S/C27H50/c1-10-25-19-26(25)24(7)23(6)18-22(5)14-16-27(8,9)15-12-11-13-21(4)17-20(2)3/h14,18,20-21,24-26H,10-13,15-17,19H2,1-9H3. The first-order valence-electron chi connectivity index (χ1n) is 11.9. The van der Waals surface area contributed by atoms with Crippen molar-refractivity contribution in [3.8, 4) is 0 Å². The van der Waals surface area contributed by atoms with Gasteiger partial charge in [-0.2, -0.15) is 0 Å². The average Bonchev–Trinajstić information content (AvgIpc) is 3.35. The molecule has 0 nitrogen and oxygen atoms in total. The number of hydrogen-bond acceptors (Lipinski definition) is 0. The van der Waals surface area contributed by atoms with Crippen LogP contribution in [0.4, 0.5) is 0 Å². The molecule has 4 atom stereocenters. The van der Waals surface area contributed by atoms with Crippen LogP contribution in [0.15, 0.2) is 23.3 Å². The van der Waals surface area contributed by atoms with Crippen molar-refractivity contribution in [3.63, 3.8) is 0 Å². The number of hydrogen-bond donors (Lipinski definition) is 0. The monoisotopic (exact) mass is 374 g/mol. The van der Waals surface area contributed by atoms with Gasteiger partial charge in [-0.3, -0.25) is 0 Å². The van der Waals surface area contributed by atoms with Gasteiger partial charge in [0.1, 0.15) is 0 Å². The summed E-state index contributed by atoms with van der Waals surface area (Å²) in [6.45, 7) is 21.4. The van der Waals surface area contributed by atoms with Crippen LogP contribution < -0.4 is 0 Å². The van der Waals surface area contributed by atoms with Crippen LogP contribution in [-0.2, 0) is 0 Å². The summed E-state index contributed by atoms with van der Waals surface area (Å²) < 4.78 is 0. The molecule has 1 aliphatic rings. The van der Waals surface area contributed by atoms with E-state index in [1.165, 1.54) is 56.9 Å². The van der Waals surface area contributed by atoms with Crippen molar-refractivity contribution in [1.82, 2.24) is 0 Å². The highest BCUT2D eigenvalue weighted by atomic mass is 14.4. The van der Waals surface area contributed by atoms with E-state index in [-0.39, 0.29) is 0 Å². The van der Waals surface area contributed by atoms with E-state index in [1.807, 2.05) is 0 Å². The first-order valence-corrected chi connectivity index (χ1v) is 11.9. The Morgan fingerprint density at radius 3 is 2.30 bits per heavy atom. The molecule has 0 aromatic heterocycles. The van der Waals surface area contributed by atoms with Crippen LogP contribution >= 0.6 is 0 Å². The van der Waals surface area contributed by atoms with E-state index in [2.05, 4.69) is 74.5 Å². The molecular formula is C27H50. The minimum atomic E-state index is 0.430. The molecular weight excluding hydrogens is 324 g/mol. The zero-order chi connectivity index (χ0) is 20.6. The maximum atomic E-state index is 2.49. The highest BCUT2D eigenvalue weighted by molar-refractivity contribution is 5.23. The minimum absolute atomic E-state index is 0.430. The molecule has 0 aliphatic heterocycles. The predicted octanol–water partition coefficient (Wildman–Crippen LogP) is 9.22. The maximum Gasteiger partial charge on any atom is -0.0200 e. The minimum Gasteiger partial charge on any atom is -0.0811 e. The van der Waals surface area contributed by atoms with Crippen molar-refractivity contribution < 1.29 is 0 Å². The third-order valence-corrected chi connectivity index (χ3v) is 6.97. The number of rotatable bonds is 13. The van der Waals surface area contributed by atoms with Crippen LogP contribution in [0.5, 0.6) is 0 Å². The Labute approximate surface area is 172 Å². The Bertz CT molecular complexity index is 476. The Balaban J connectivity index is 2.36. The zero-order valence-electron chi connectivity index (χ0n) is 20.2. The molecule has 0 heteroatoms. The summed E-state index contributed by atoms with van der Waals surface area (Å²) in [5.41, 5.74) is 3.48. The second-order valence-corrected chi connectivity index (χ2v) is 11.0. The fourth-order valence-corrected chi connectivity index (χ4v) is 4.80. The Kier molecular flexibility index (Phi) is 10.4. The van der Waals surface area contributed by atoms with Gasteiger partial charge >= 0.3 is 0 Å². The summed E-state index contributed by atoms with van der Waals surface area (Å²) in [6.07, 6.45) is 15.9. The quantitative estimate of drug-likeness (QED) is 0.222. The van der Waals surface area contributed by atoms with E-state index < -0.39 is 0 Å². The Hall–Kier alpha value is -0.520. The molecule has 27 heavy (non-hydrogen) atoms. The fraction of sp³-hybridized carbons (Fsp3) is 0.852. The van der Waals surface area contributed by atoms with Gasteiger partial charge in [0.2, 0.25) is 0 Å². The molecule has 1 saturated carbocycles. The first kappa shape index (κ1) is 24.5. The second-order valence-electron chi connectivity index (χ2n) is 11.0. The van der Waals surface area contributed by atoms with Gasteiger partial charge in [-0.1, -0.05) is 97.4 Å². The van der Waals surface area contributed by atoms with E-state index in [0.717, 1.165) is 29.6 Å². The van der Waals surface area contributed by atoms with Gasteiger partial charge in [0.25, 0.3) is 0 Å². The molecule has 0 heterocycles. The van der Waals surface area contributed by atoms with E-state index in [1.54, 1.807) is 5.57 Å². The van der Waals surface area contributed by atoms with Gasteiger partial charge < -0.3 is 0 Å². The third-order valence-electron chi connectivity index (χ3n) is 6.97. The molecule has 0 N–H and O–H groups in total. The maximum absolute atomic E-state index is 2.49. The van der Waals surface area contributed by atoms with Gasteiger partial charge in [0.05, 0.1) is 0 Å². The zero-order valence-corrected chi connectivity index (χ0v) is 20.2. The molecule has 4 unspecified atom stereocenters. The van der Waals surface area contributed by atoms with Crippen LogP contribution in [0.1, 0.15) is 114 Å². The molecule has 0 saturated heterocycles. The lowest BCUT2D eigenvalue weighted by molar-refractivity contribution is 0.312. The molecule has 1 fully saturated rings. The molecule has 0 spiro atoms. The lowest BCUT2D eigenvalue weighted by Gasteiger charge is -2.24. The number of unbranched alkanes of at least 4 members (excludes halogenated alkanes) is 1. The van der Waals surface area contributed by atoms with Gasteiger partial charge in [0, 0.05) is 0 Å². The Morgan fingerprint density at radius 1 is 1.07 bits per heavy atom. The molecule has 1 rings (SSSR count). The van der Waals surface area contributed by atoms with Crippen molar-refractivity contribution in [2.24, 2.45) is 35.0 Å². The summed E-state index contributed by atoms with van der Waals surface area (Å²) in [5.74, 6) is 4.45. The van der Waals surface area contributed by atoms with Crippen LogP contribution in [0.2, 0.25) is 0 Å². The average molecular weight is 375 g/mol. The van der Waals surface area contributed by atoms with Gasteiger partial charge in [-0.15, -0.1) is 0 Å². The van der Waals surface area contributed by atoms with Gasteiger partial charge in [0.15, 0.2) is 0 Å². The van der Waals surface area contributed by atoms with E-state index >= 15 is 0 Å². The summed E-state index contributed by atoms with van der Waals surface area (Å²) in [5, 5.41) is 0. The van der Waals surface area contributed by atoms with Crippen molar-refractivity contribution in [1.29, 1.82) is 0 Å². The van der Waals surface area contributed by atoms with Crippen LogP contribution in [0.25, 0.3) is 0 Å². The fourth-order valence-electron chi connectivity index (χ4n) is 4.80. The lowest BCUT2D eigenvalue weighted by Crippen LogP contribution is -2.10. The smallest absolute Gasteiger partial charge is 0.0200 e. The van der Waals surface area contributed by atoms with Gasteiger partial charge in [-0.25, -0.2) is 0 Å². The normalized spacial score (nSPS) is 23.6. The molecule has 0 radical (unpaired) electrons. The lowest BCUT2D eigenvalue weighted by atomic mass is 9.82. The summed E-state index contributed by atoms with van der Waals surface area (Å²) >= 11 is 0. The van der Waals surface area contributed by atoms with Crippen molar-refractivity contribution in [3.05, 3.63) is 23.3 Å². The van der Waals surface area contributed by atoms with Crippen LogP contribution in [0.3, 0.4) is 0 Å². The first-order chi connectivity index (χ1) is 12.6. The molecule has 0 aromatic rings. The van der Waals surface area contributed by atoms with E-state index in [4.69, 9.17) is 0 Å². The van der Waals surface area contributed by atoms with Crippen molar-refractivity contribution >= 4 is 0 Å². The predicted molar refractivity (Wildman–Crippen MR) is 124 cm³/mol. The largest absolute Gasteiger partial charge is 0.0811 e. The Morgan fingerprint density at radius 2 is 1.74 bits per heavy atom. The molecule has 0 amide bonds. The summed E-state index contributed by atoms with van der Waals surface area (Å²) in [4.78, 5) is 0. The van der Waals surface area contributed by atoms with Crippen molar-refractivity contribution in [2.45, 2.75) is 114 Å². The van der Waals surface area contributed by atoms with Crippen LogP contribution in [0, 0.1) is 35.0 Å². The topological polar surface area (TPSA) is 0 Å². The summed E-state index contributed by atoms with van der Waals surface area (Å²) in [6, 6.07) is 0. The molecule has 1 aliphatic carbocycles. The number of allylic oxidation sites excluding steroid dienone is 4. The molecule has 158 valence electrons. The molecule has 0 bridgehead atoms. The van der Waals surface area contributed by atoms with E-state index in [9.17, 15) is 0 Å². The SMILES string of the molecule is CCC1CC1C(C)C(C)=CC(C)=CCC(C)(C)CCCCC(C)CC(C)C. The molecule has 0 aromatic carbocycles. The highest BCUT2D eigenvalue weighted by Crippen LogP contribution is 2.48. The second kappa shape index (κ2) is 11.5. The van der Waals surface area contributed by atoms with Crippen LogP contribution in [-0.4, -0.2) is 0 Å². The summed E-state index contributed by atoms with van der Waals surface area (Å²) in [7, 11) is 0. The highest BCUT2D eigenvalue weighted by Gasteiger charge is 2.39. The van der Waals surface area contributed by atoms with Gasteiger partial charge in [-0.05, 0) is 74.5 Å². The van der Waals surface area contributed by atoms with Crippen molar-refractivity contribution in [2.75, 3.05) is 0 Å².